The number of nitrogens with zero attached hydrogens (tertiary/aromatic N) is 1. The fourth-order valence-electron chi connectivity index (χ4n) is 3.32. The summed E-state index contributed by atoms with van der Waals surface area (Å²) in [6.45, 7) is 8.46. The molecule has 0 aromatic heterocycles. The van der Waals surface area contributed by atoms with Crippen LogP contribution in [0.4, 0.5) is 0 Å². The number of methoxy groups -OCH3 is 2. The molecule has 0 heterocycles. The van der Waals surface area contributed by atoms with Crippen LogP contribution in [0.25, 0.3) is 0 Å². The second kappa shape index (κ2) is 12.4. The summed E-state index contributed by atoms with van der Waals surface area (Å²) in [5, 5.41) is 3.74. The summed E-state index contributed by atoms with van der Waals surface area (Å²) in [5.41, 5.74) is 0. The topological polar surface area (TPSA) is 33.7 Å². The minimum absolute atomic E-state index is 0.758. The summed E-state index contributed by atoms with van der Waals surface area (Å²) >= 11 is 0. The van der Waals surface area contributed by atoms with Crippen LogP contribution in [0.2, 0.25) is 0 Å². The van der Waals surface area contributed by atoms with Gasteiger partial charge in [-0.25, -0.2) is 0 Å². The number of nitrogens with one attached hydrogen (secondary N) is 1. The Morgan fingerprint density at radius 1 is 1.05 bits per heavy atom. The molecule has 126 valence electrons. The summed E-state index contributed by atoms with van der Waals surface area (Å²) in [6.07, 6.45) is 7.83. The zero-order chi connectivity index (χ0) is 15.3. The van der Waals surface area contributed by atoms with Gasteiger partial charge in [0.15, 0.2) is 0 Å². The Labute approximate surface area is 131 Å². The fraction of sp³-hybridized carbons (Fsp3) is 1.00. The van der Waals surface area contributed by atoms with E-state index < -0.39 is 0 Å². The maximum atomic E-state index is 5.24. The van der Waals surface area contributed by atoms with Gasteiger partial charge < -0.3 is 19.7 Å². The van der Waals surface area contributed by atoms with Gasteiger partial charge in [-0.15, -0.1) is 0 Å². The lowest BCUT2D eigenvalue weighted by molar-refractivity contribution is 0.127. The van der Waals surface area contributed by atoms with Gasteiger partial charge in [0, 0.05) is 40.0 Å². The number of rotatable bonds is 13. The SMILES string of the molecule is CCCNC1CCCC1CCN(CCCOC)CCOC. The highest BCUT2D eigenvalue weighted by Gasteiger charge is 2.26. The summed E-state index contributed by atoms with van der Waals surface area (Å²) in [4.78, 5) is 2.54. The highest BCUT2D eigenvalue weighted by atomic mass is 16.5. The molecular weight excluding hydrogens is 264 g/mol. The molecule has 1 fully saturated rings. The normalized spacial score (nSPS) is 22.3. The van der Waals surface area contributed by atoms with Crippen molar-refractivity contribution in [2.75, 3.05) is 53.6 Å². The molecule has 0 bridgehead atoms. The Kier molecular flexibility index (Phi) is 11.1. The third-order valence-electron chi connectivity index (χ3n) is 4.57. The van der Waals surface area contributed by atoms with Crippen LogP contribution in [0.5, 0.6) is 0 Å². The van der Waals surface area contributed by atoms with Crippen molar-refractivity contribution in [2.24, 2.45) is 5.92 Å². The van der Waals surface area contributed by atoms with Crippen LogP contribution >= 0.6 is 0 Å². The maximum Gasteiger partial charge on any atom is 0.0589 e. The van der Waals surface area contributed by atoms with Crippen LogP contribution in [0, 0.1) is 5.92 Å². The second-order valence-electron chi connectivity index (χ2n) is 6.22. The lowest BCUT2D eigenvalue weighted by Crippen LogP contribution is -2.36. The van der Waals surface area contributed by atoms with Gasteiger partial charge in [-0.05, 0) is 51.1 Å². The molecule has 1 rings (SSSR count). The minimum Gasteiger partial charge on any atom is -0.385 e. The van der Waals surface area contributed by atoms with Gasteiger partial charge in [0.1, 0.15) is 0 Å². The molecule has 0 spiro atoms. The Balaban J connectivity index is 2.28. The monoisotopic (exact) mass is 300 g/mol. The van der Waals surface area contributed by atoms with Gasteiger partial charge in [0.25, 0.3) is 0 Å². The van der Waals surface area contributed by atoms with Crippen molar-refractivity contribution in [1.82, 2.24) is 10.2 Å². The van der Waals surface area contributed by atoms with Crippen LogP contribution < -0.4 is 5.32 Å². The number of ether oxygens (including phenoxy) is 2. The van der Waals surface area contributed by atoms with Crippen molar-refractivity contribution in [2.45, 2.75) is 51.5 Å². The molecule has 0 amide bonds. The van der Waals surface area contributed by atoms with Gasteiger partial charge in [-0.2, -0.15) is 0 Å². The van der Waals surface area contributed by atoms with E-state index in [4.69, 9.17) is 9.47 Å². The van der Waals surface area contributed by atoms with Crippen molar-refractivity contribution in [1.29, 1.82) is 0 Å². The summed E-state index contributed by atoms with van der Waals surface area (Å²) in [5.74, 6) is 0.865. The van der Waals surface area contributed by atoms with Crippen LogP contribution in [-0.2, 0) is 9.47 Å². The first kappa shape index (κ1) is 18.9. The molecule has 2 atom stereocenters. The standard InChI is InChI=1S/C17H36N2O2/c1-4-10-18-17-8-5-7-16(17)9-12-19(13-15-21-3)11-6-14-20-2/h16-18H,4-15H2,1-3H3. The molecule has 0 aliphatic heterocycles. The van der Waals surface area contributed by atoms with E-state index in [0.29, 0.717) is 0 Å². The van der Waals surface area contributed by atoms with Crippen molar-refractivity contribution in [3.63, 3.8) is 0 Å². The lowest BCUT2D eigenvalue weighted by Gasteiger charge is -2.26. The molecule has 4 heteroatoms. The number of hydrogen-bond acceptors (Lipinski definition) is 4. The number of hydrogen-bond donors (Lipinski definition) is 1. The fourth-order valence-corrected chi connectivity index (χ4v) is 3.32. The van der Waals surface area contributed by atoms with Crippen LogP contribution in [-0.4, -0.2) is 64.6 Å². The van der Waals surface area contributed by atoms with Gasteiger partial charge in [0.05, 0.1) is 6.61 Å². The molecule has 1 saturated carbocycles. The van der Waals surface area contributed by atoms with E-state index in [-0.39, 0.29) is 0 Å². The first-order chi connectivity index (χ1) is 10.3. The highest BCUT2D eigenvalue weighted by molar-refractivity contribution is 4.83. The molecule has 21 heavy (non-hydrogen) atoms. The molecule has 0 aromatic carbocycles. The third-order valence-corrected chi connectivity index (χ3v) is 4.57. The lowest BCUT2D eigenvalue weighted by atomic mass is 9.99. The molecule has 1 aliphatic rings. The molecule has 2 unspecified atom stereocenters. The van der Waals surface area contributed by atoms with Crippen LogP contribution in [0.1, 0.15) is 45.4 Å². The Morgan fingerprint density at radius 3 is 2.57 bits per heavy atom. The summed E-state index contributed by atoms with van der Waals surface area (Å²) in [6, 6.07) is 0.758. The molecule has 0 radical (unpaired) electrons. The second-order valence-corrected chi connectivity index (χ2v) is 6.22. The van der Waals surface area contributed by atoms with Crippen LogP contribution in [0.15, 0.2) is 0 Å². The predicted octanol–water partition coefficient (Wildman–Crippen LogP) is 2.53. The van der Waals surface area contributed by atoms with Crippen molar-refractivity contribution in [3.05, 3.63) is 0 Å². The van der Waals surface area contributed by atoms with Crippen LogP contribution in [0.3, 0.4) is 0 Å². The van der Waals surface area contributed by atoms with Gasteiger partial charge in [-0.3, -0.25) is 0 Å². The van der Waals surface area contributed by atoms with Gasteiger partial charge in [0.2, 0.25) is 0 Å². The average Bonchev–Trinajstić information content (AvgIpc) is 2.95. The van der Waals surface area contributed by atoms with E-state index in [2.05, 4.69) is 17.1 Å². The molecule has 1 aliphatic carbocycles. The van der Waals surface area contributed by atoms with Gasteiger partial charge in [-0.1, -0.05) is 13.3 Å². The van der Waals surface area contributed by atoms with E-state index in [9.17, 15) is 0 Å². The van der Waals surface area contributed by atoms with E-state index >= 15 is 0 Å². The summed E-state index contributed by atoms with van der Waals surface area (Å²) in [7, 11) is 3.57. The molecular formula is C17H36N2O2. The average molecular weight is 300 g/mol. The van der Waals surface area contributed by atoms with Crippen molar-refractivity contribution in [3.8, 4) is 0 Å². The van der Waals surface area contributed by atoms with Crippen molar-refractivity contribution >= 4 is 0 Å². The predicted molar refractivity (Wildman–Crippen MR) is 88.8 cm³/mol. The Hall–Kier alpha value is -0.160. The summed E-state index contributed by atoms with van der Waals surface area (Å²) < 4.78 is 10.4. The highest BCUT2D eigenvalue weighted by Crippen LogP contribution is 2.28. The van der Waals surface area contributed by atoms with Gasteiger partial charge >= 0.3 is 0 Å². The largest absolute Gasteiger partial charge is 0.385 e. The molecule has 0 saturated heterocycles. The van der Waals surface area contributed by atoms with E-state index in [1.807, 2.05) is 0 Å². The Bertz CT molecular complexity index is 239. The quantitative estimate of drug-likeness (QED) is 0.530. The zero-order valence-electron chi connectivity index (χ0n) is 14.4. The molecule has 1 N–H and O–H groups in total. The third kappa shape index (κ3) is 8.15. The smallest absolute Gasteiger partial charge is 0.0589 e. The van der Waals surface area contributed by atoms with E-state index in [1.165, 1.54) is 45.2 Å². The first-order valence-electron chi connectivity index (χ1n) is 8.75. The minimum atomic E-state index is 0.758. The molecule has 4 nitrogen and oxygen atoms in total. The molecule has 0 aromatic rings. The van der Waals surface area contributed by atoms with E-state index in [1.54, 1.807) is 14.2 Å². The maximum absolute atomic E-state index is 5.24. The van der Waals surface area contributed by atoms with Crippen molar-refractivity contribution < 1.29 is 9.47 Å². The Morgan fingerprint density at radius 2 is 1.86 bits per heavy atom. The zero-order valence-corrected chi connectivity index (χ0v) is 14.4. The van der Waals surface area contributed by atoms with E-state index in [0.717, 1.165) is 44.7 Å². The first-order valence-corrected chi connectivity index (χ1v) is 8.75.